The van der Waals surface area contributed by atoms with E-state index in [9.17, 15) is 24.3 Å². The normalized spacial score (nSPS) is 19.1. The van der Waals surface area contributed by atoms with E-state index in [1.165, 1.54) is 0 Å². The molecule has 0 saturated carbocycles. The molecule has 9 heteroatoms. The molecule has 4 amide bonds. The lowest BCUT2D eigenvalue weighted by molar-refractivity contribution is -0.133. The van der Waals surface area contributed by atoms with Crippen molar-refractivity contribution in [2.45, 2.75) is 58.2 Å². The number of aliphatic hydroxyl groups is 1. The van der Waals surface area contributed by atoms with Crippen molar-refractivity contribution in [1.29, 1.82) is 0 Å². The highest BCUT2D eigenvalue weighted by atomic mass is 16.3. The summed E-state index contributed by atoms with van der Waals surface area (Å²) in [5.74, 6) is -1.53. The molecule has 0 radical (unpaired) electrons. The van der Waals surface area contributed by atoms with Gasteiger partial charge >= 0.3 is 0 Å². The molecule has 1 aliphatic rings. The van der Waals surface area contributed by atoms with Gasteiger partial charge < -0.3 is 26.4 Å². The Morgan fingerprint density at radius 3 is 2.36 bits per heavy atom. The molecule has 5 N–H and O–H groups in total. The van der Waals surface area contributed by atoms with Crippen LogP contribution in [0.4, 0.5) is 0 Å². The number of nitrogens with one attached hydrogen (secondary N) is 4. The van der Waals surface area contributed by atoms with E-state index in [0.29, 0.717) is 19.4 Å². The Bertz CT molecular complexity index is 509. The van der Waals surface area contributed by atoms with Gasteiger partial charge in [0, 0.05) is 13.0 Å². The Labute approximate surface area is 147 Å². The van der Waals surface area contributed by atoms with E-state index < -0.39 is 36.5 Å². The predicted octanol–water partition coefficient (Wildman–Crippen LogP) is -1.59. The van der Waals surface area contributed by atoms with Crippen LogP contribution in [0.15, 0.2) is 0 Å². The summed E-state index contributed by atoms with van der Waals surface area (Å²) in [6.45, 7) is 5.45. The molecule has 1 heterocycles. The molecule has 0 aromatic rings. The largest absolute Gasteiger partial charge is 0.394 e. The summed E-state index contributed by atoms with van der Waals surface area (Å²) in [6.07, 6.45) is 1.03. The molecule has 0 unspecified atom stereocenters. The third-order valence-corrected chi connectivity index (χ3v) is 3.82. The van der Waals surface area contributed by atoms with Gasteiger partial charge in [-0.05, 0) is 25.7 Å². The average molecular weight is 356 g/mol. The second-order valence-corrected chi connectivity index (χ2v) is 6.49. The molecule has 1 fully saturated rings. The van der Waals surface area contributed by atoms with Gasteiger partial charge in [0.15, 0.2) is 0 Å². The molecule has 25 heavy (non-hydrogen) atoms. The lowest BCUT2D eigenvalue weighted by Gasteiger charge is -2.23. The third-order valence-electron chi connectivity index (χ3n) is 3.82. The van der Waals surface area contributed by atoms with Gasteiger partial charge in [0.25, 0.3) is 0 Å². The Balaban J connectivity index is 2.66. The molecular weight excluding hydrogens is 328 g/mol. The van der Waals surface area contributed by atoms with Crippen LogP contribution in [0.25, 0.3) is 0 Å². The van der Waals surface area contributed by atoms with E-state index in [0.717, 1.165) is 0 Å². The molecular formula is C16H28N4O5. The summed E-state index contributed by atoms with van der Waals surface area (Å²) < 4.78 is 0. The zero-order valence-electron chi connectivity index (χ0n) is 14.9. The van der Waals surface area contributed by atoms with Crippen LogP contribution >= 0.6 is 0 Å². The van der Waals surface area contributed by atoms with Gasteiger partial charge in [-0.2, -0.15) is 0 Å². The fraction of sp³-hybridized carbons (Fsp3) is 0.750. The Morgan fingerprint density at radius 1 is 1.20 bits per heavy atom. The van der Waals surface area contributed by atoms with Crippen LogP contribution < -0.4 is 21.3 Å². The Kier molecular flexibility index (Phi) is 8.33. The van der Waals surface area contributed by atoms with Crippen molar-refractivity contribution in [3.63, 3.8) is 0 Å². The highest BCUT2D eigenvalue weighted by Gasteiger charge is 2.31. The minimum atomic E-state index is -1.19. The minimum absolute atomic E-state index is 0.170. The highest BCUT2D eigenvalue weighted by molar-refractivity contribution is 5.95. The van der Waals surface area contributed by atoms with Gasteiger partial charge in [-0.25, -0.2) is 0 Å². The lowest BCUT2D eigenvalue weighted by atomic mass is 10.0. The first-order chi connectivity index (χ1) is 11.8. The second kappa shape index (κ2) is 9.97. The maximum absolute atomic E-state index is 12.3. The summed E-state index contributed by atoms with van der Waals surface area (Å²) in [4.78, 5) is 47.6. The number of rotatable bonds is 9. The topological polar surface area (TPSA) is 137 Å². The zero-order valence-corrected chi connectivity index (χ0v) is 14.9. The van der Waals surface area contributed by atoms with Crippen LogP contribution in [0.3, 0.4) is 0 Å². The maximum Gasteiger partial charge on any atom is 0.245 e. The number of carbonyl (C=O) groups is 4. The fourth-order valence-corrected chi connectivity index (χ4v) is 2.55. The molecule has 1 saturated heterocycles. The molecule has 0 aromatic heterocycles. The van der Waals surface area contributed by atoms with Crippen molar-refractivity contribution in [3.05, 3.63) is 0 Å². The number of carbonyl (C=O) groups excluding carboxylic acids is 4. The second-order valence-electron chi connectivity index (χ2n) is 6.49. The Hall–Kier alpha value is -2.16. The number of likely N-dealkylation sites (N-methyl/N-ethyl adjacent to an activating group) is 1. The summed E-state index contributed by atoms with van der Waals surface area (Å²) >= 11 is 0. The van der Waals surface area contributed by atoms with E-state index >= 15 is 0 Å². The van der Waals surface area contributed by atoms with Crippen LogP contribution in [-0.4, -0.2) is 60.0 Å². The number of aliphatic hydroxyl groups excluding tert-OH is 1. The van der Waals surface area contributed by atoms with Crippen molar-refractivity contribution in [3.8, 4) is 0 Å². The first-order valence-corrected chi connectivity index (χ1v) is 8.57. The number of hydrogen-bond donors (Lipinski definition) is 5. The quantitative estimate of drug-likeness (QED) is 0.339. The molecule has 142 valence electrons. The maximum atomic E-state index is 12.3. The van der Waals surface area contributed by atoms with Gasteiger partial charge in [-0.15, -0.1) is 0 Å². The predicted molar refractivity (Wildman–Crippen MR) is 90.3 cm³/mol. The molecule has 1 aliphatic heterocycles. The van der Waals surface area contributed by atoms with Gasteiger partial charge in [0.2, 0.25) is 23.6 Å². The SMILES string of the molecule is CCNC(=O)[C@@H](CC(C)C)NC(=O)[C@H](CO)NC(=O)[C@@H]1CCC(=O)N1. The standard InChI is InChI=1S/C16H28N4O5/c1-4-17-14(23)11(7-9(2)3)19-16(25)12(8-21)20-15(24)10-5-6-13(22)18-10/h9-12,21H,4-8H2,1-3H3,(H,17,23)(H,18,22)(H,19,25)(H,20,24)/t10-,11+,12-/m0/s1. The van der Waals surface area contributed by atoms with E-state index in [2.05, 4.69) is 21.3 Å². The number of amides is 4. The summed E-state index contributed by atoms with van der Waals surface area (Å²) in [7, 11) is 0. The van der Waals surface area contributed by atoms with E-state index in [1.807, 2.05) is 13.8 Å². The molecule has 0 aromatic carbocycles. The van der Waals surface area contributed by atoms with E-state index in [4.69, 9.17) is 0 Å². The molecule has 9 nitrogen and oxygen atoms in total. The lowest BCUT2D eigenvalue weighted by Crippen LogP contribution is -2.57. The van der Waals surface area contributed by atoms with E-state index in [1.54, 1.807) is 6.92 Å². The molecule has 0 spiro atoms. The van der Waals surface area contributed by atoms with Crippen LogP contribution in [0.2, 0.25) is 0 Å². The van der Waals surface area contributed by atoms with Gasteiger partial charge in [0.1, 0.15) is 18.1 Å². The highest BCUT2D eigenvalue weighted by Crippen LogP contribution is 2.08. The zero-order chi connectivity index (χ0) is 19.0. The van der Waals surface area contributed by atoms with E-state index in [-0.39, 0.29) is 24.2 Å². The average Bonchev–Trinajstić information content (AvgIpc) is 2.98. The van der Waals surface area contributed by atoms with Crippen molar-refractivity contribution in [2.75, 3.05) is 13.2 Å². The minimum Gasteiger partial charge on any atom is -0.394 e. The summed E-state index contributed by atoms with van der Waals surface area (Å²) in [6, 6.07) is -2.64. The van der Waals surface area contributed by atoms with Crippen LogP contribution in [0.1, 0.15) is 40.0 Å². The molecule has 1 rings (SSSR count). The first kappa shape index (κ1) is 20.9. The number of hydrogen-bond acceptors (Lipinski definition) is 5. The van der Waals surface area contributed by atoms with Crippen LogP contribution in [0.5, 0.6) is 0 Å². The van der Waals surface area contributed by atoms with Crippen LogP contribution in [0, 0.1) is 5.92 Å². The smallest absolute Gasteiger partial charge is 0.245 e. The van der Waals surface area contributed by atoms with Gasteiger partial charge in [-0.3, -0.25) is 19.2 Å². The van der Waals surface area contributed by atoms with Crippen molar-refractivity contribution < 1.29 is 24.3 Å². The van der Waals surface area contributed by atoms with Gasteiger partial charge in [-0.1, -0.05) is 13.8 Å². The summed E-state index contributed by atoms with van der Waals surface area (Å²) in [5.41, 5.74) is 0. The molecule has 3 atom stereocenters. The first-order valence-electron chi connectivity index (χ1n) is 8.57. The summed E-state index contributed by atoms with van der Waals surface area (Å²) in [5, 5.41) is 19.5. The van der Waals surface area contributed by atoms with Crippen molar-refractivity contribution in [2.24, 2.45) is 5.92 Å². The van der Waals surface area contributed by atoms with Crippen LogP contribution in [-0.2, 0) is 19.2 Å². The van der Waals surface area contributed by atoms with Crippen molar-refractivity contribution >= 4 is 23.6 Å². The molecule has 0 bridgehead atoms. The molecule has 0 aliphatic carbocycles. The van der Waals surface area contributed by atoms with Crippen molar-refractivity contribution in [1.82, 2.24) is 21.3 Å². The Morgan fingerprint density at radius 2 is 1.88 bits per heavy atom. The third kappa shape index (κ3) is 6.69. The monoisotopic (exact) mass is 356 g/mol. The van der Waals surface area contributed by atoms with Gasteiger partial charge in [0.05, 0.1) is 6.61 Å². The fourth-order valence-electron chi connectivity index (χ4n) is 2.55.